The lowest BCUT2D eigenvalue weighted by molar-refractivity contribution is 0.0117. The summed E-state index contributed by atoms with van der Waals surface area (Å²) in [5.74, 6) is 3.04. The molecule has 2 fully saturated rings. The predicted molar refractivity (Wildman–Crippen MR) is 162 cm³/mol. The lowest BCUT2D eigenvalue weighted by Gasteiger charge is -2.39. The molecule has 3 aromatic heterocycles. The normalized spacial score (nSPS) is 16.4. The van der Waals surface area contributed by atoms with Gasteiger partial charge < -0.3 is 19.3 Å². The fourth-order valence-corrected chi connectivity index (χ4v) is 6.48. The summed E-state index contributed by atoms with van der Waals surface area (Å²) >= 11 is 19.7. The van der Waals surface area contributed by atoms with Gasteiger partial charge in [-0.1, -0.05) is 52.1 Å². The van der Waals surface area contributed by atoms with Gasteiger partial charge in [0.1, 0.15) is 29.6 Å². The summed E-state index contributed by atoms with van der Waals surface area (Å²) in [7, 11) is 0. The van der Waals surface area contributed by atoms with E-state index in [4.69, 9.17) is 44.1 Å². The molecule has 0 spiro atoms. The van der Waals surface area contributed by atoms with Gasteiger partial charge in [-0.3, -0.25) is 0 Å². The number of anilines is 1. The van der Waals surface area contributed by atoms with Crippen LogP contribution in [0.3, 0.4) is 0 Å². The molecule has 0 unspecified atom stereocenters. The SMILES string of the molecule is OC1(c2ccc(OCc3c(-c4c(Cl)cccc4Cl)noc3C3CC3)cc2Cl)CCN(c2cc(-c3nnn[nH]3)ccn2)CC1. The molecular formula is C30H26Cl3N7O3. The fourth-order valence-electron chi connectivity index (χ4n) is 5.56. The molecule has 2 aliphatic rings. The van der Waals surface area contributed by atoms with Crippen molar-refractivity contribution in [3.63, 3.8) is 0 Å². The van der Waals surface area contributed by atoms with Gasteiger partial charge in [-0.15, -0.1) is 5.10 Å². The Morgan fingerprint density at radius 1 is 1.02 bits per heavy atom. The molecule has 43 heavy (non-hydrogen) atoms. The van der Waals surface area contributed by atoms with Crippen LogP contribution < -0.4 is 9.64 Å². The van der Waals surface area contributed by atoms with Gasteiger partial charge in [0.05, 0.1) is 26.2 Å². The second-order valence-electron chi connectivity index (χ2n) is 10.8. The summed E-state index contributed by atoms with van der Waals surface area (Å²) in [6, 6.07) is 14.5. The lowest BCUT2D eigenvalue weighted by Crippen LogP contribution is -2.43. The highest BCUT2D eigenvalue weighted by molar-refractivity contribution is 6.39. The van der Waals surface area contributed by atoms with Gasteiger partial charge in [-0.05, 0) is 72.5 Å². The number of benzene rings is 2. The van der Waals surface area contributed by atoms with E-state index in [0.29, 0.717) is 75.3 Å². The molecule has 0 amide bonds. The summed E-state index contributed by atoms with van der Waals surface area (Å²) in [6.07, 6.45) is 4.76. The van der Waals surface area contributed by atoms with Gasteiger partial charge >= 0.3 is 0 Å². The zero-order valence-electron chi connectivity index (χ0n) is 22.8. The van der Waals surface area contributed by atoms with Gasteiger partial charge in [0.15, 0.2) is 5.82 Å². The van der Waals surface area contributed by atoms with E-state index in [0.717, 1.165) is 35.5 Å². The molecule has 1 aliphatic heterocycles. The molecule has 10 nitrogen and oxygen atoms in total. The molecule has 1 saturated heterocycles. The minimum atomic E-state index is -1.08. The zero-order valence-corrected chi connectivity index (χ0v) is 25.1. The maximum atomic E-state index is 11.6. The van der Waals surface area contributed by atoms with E-state index in [2.05, 4.69) is 35.7 Å². The average Bonchev–Trinajstić information content (AvgIpc) is 3.52. The van der Waals surface area contributed by atoms with Crippen molar-refractivity contribution >= 4 is 40.6 Å². The Bertz CT molecular complexity index is 1750. The summed E-state index contributed by atoms with van der Waals surface area (Å²) in [5, 5.41) is 31.4. The van der Waals surface area contributed by atoms with E-state index in [9.17, 15) is 5.11 Å². The van der Waals surface area contributed by atoms with Crippen molar-refractivity contribution in [3.8, 4) is 28.4 Å². The van der Waals surface area contributed by atoms with Crippen molar-refractivity contribution in [1.82, 2.24) is 30.8 Å². The van der Waals surface area contributed by atoms with E-state index >= 15 is 0 Å². The van der Waals surface area contributed by atoms with Crippen molar-refractivity contribution in [3.05, 3.63) is 86.7 Å². The van der Waals surface area contributed by atoms with Crippen molar-refractivity contribution in [2.24, 2.45) is 0 Å². The van der Waals surface area contributed by atoms with Gasteiger partial charge in [-0.2, -0.15) is 0 Å². The number of aliphatic hydroxyl groups is 1. The minimum Gasteiger partial charge on any atom is -0.489 e. The summed E-state index contributed by atoms with van der Waals surface area (Å²) in [4.78, 5) is 6.64. The second-order valence-corrected chi connectivity index (χ2v) is 12.1. The number of tetrazole rings is 1. The highest BCUT2D eigenvalue weighted by atomic mass is 35.5. The van der Waals surface area contributed by atoms with Gasteiger partial charge in [0.2, 0.25) is 0 Å². The quantitative estimate of drug-likeness (QED) is 0.188. The number of hydrogen-bond donors (Lipinski definition) is 2. The Kier molecular flexibility index (Phi) is 7.46. The molecule has 0 radical (unpaired) electrons. The topological polar surface area (TPSA) is 126 Å². The summed E-state index contributed by atoms with van der Waals surface area (Å²) < 4.78 is 11.9. The molecule has 220 valence electrons. The molecule has 0 atom stereocenters. The van der Waals surface area contributed by atoms with Crippen LogP contribution in [-0.2, 0) is 12.2 Å². The largest absolute Gasteiger partial charge is 0.489 e. The third-order valence-corrected chi connectivity index (χ3v) is 9.01. The van der Waals surface area contributed by atoms with E-state index in [1.807, 2.05) is 24.3 Å². The van der Waals surface area contributed by atoms with Crippen LogP contribution in [0.2, 0.25) is 15.1 Å². The Balaban J connectivity index is 1.06. The Labute approximate surface area is 261 Å². The van der Waals surface area contributed by atoms with Crippen LogP contribution in [0.1, 0.15) is 48.5 Å². The minimum absolute atomic E-state index is 0.206. The summed E-state index contributed by atoms with van der Waals surface area (Å²) in [6.45, 7) is 1.40. The fraction of sp³-hybridized carbons (Fsp3) is 0.300. The van der Waals surface area contributed by atoms with E-state index in [1.165, 1.54) is 0 Å². The molecule has 1 aliphatic carbocycles. The number of ether oxygens (including phenoxy) is 1. The first-order chi connectivity index (χ1) is 20.9. The lowest BCUT2D eigenvalue weighted by atomic mass is 9.84. The number of pyridine rings is 1. The van der Waals surface area contributed by atoms with Crippen molar-refractivity contribution < 1.29 is 14.4 Å². The first-order valence-corrected chi connectivity index (χ1v) is 15.1. The van der Waals surface area contributed by atoms with Gasteiger partial charge in [0, 0.05) is 41.9 Å². The van der Waals surface area contributed by atoms with Crippen molar-refractivity contribution in [2.75, 3.05) is 18.0 Å². The van der Waals surface area contributed by atoms with Crippen LogP contribution in [-0.4, -0.2) is 49.0 Å². The number of H-pyrrole nitrogens is 1. The molecule has 0 bridgehead atoms. The smallest absolute Gasteiger partial charge is 0.179 e. The standard InChI is InChI=1S/C30H26Cl3N7O3/c31-22-2-1-3-23(32)26(22)27-20(28(43-37-27)17-4-5-17)16-42-19-6-7-21(24(33)15-19)30(41)9-12-40(13-10-30)25-14-18(8-11-34-25)29-35-38-39-36-29/h1-3,6-8,11,14-15,17,41H,4-5,9-10,12-13,16H2,(H,35,36,38,39). The maximum Gasteiger partial charge on any atom is 0.179 e. The average molecular weight is 639 g/mol. The number of aromatic nitrogens is 6. The highest BCUT2D eigenvalue weighted by Crippen LogP contribution is 2.46. The molecule has 7 rings (SSSR count). The number of nitrogens with zero attached hydrogens (tertiary/aromatic N) is 6. The van der Waals surface area contributed by atoms with E-state index < -0.39 is 5.60 Å². The highest BCUT2D eigenvalue weighted by Gasteiger charge is 2.37. The molecule has 5 aromatic rings. The van der Waals surface area contributed by atoms with Crippen LogP contribution in [0.15, 0.2) is 59.3 Å². The Morgan fingerprint density at radius 3 is 2.51 bits per heavy atom. The van der Waals surface area contributed by atoms with Crippen molar-refractivity contribution in [2.45, 2.75) is 43.8 Å². The second kappa shape index (κ2) is 11.4. The van der Waals surface area contributed by atoms with E-state index in [1.54, 1.807) is 30.5 Å². The number of rotatable bonds is 8. The van der Waals surface area contributed by atoms with Crippen molar-refractivity contribution in [1.29, 1.82) is 0 Å². The Hall–Kier alpha value is -3.70. The number of aromatic amines is 1. The van der Waals surface area contributed by atoms with Gasteiger partial charge in [-0.25, -0.2) is 10.1 Å². The molecular weight excluding hydrogens is 613 g/mol. The predicted octanol–water partition coefficient (Wildman–Crippen LogP) is 6.82. The first kappa shape index (κ1) is 28.1. The number of nitrogens with one attached hydrogen (secondary N) is 1. The number of piperidine rings is 1. The molecule has 13 heteroatoms. The molecule has 1 saturated carbocycles. The zero-order chi connectivity index (χ0) is 29.6. The monoisotopic (exact) mass is 637 g/mol. The Morgan fingerprint density at radius 2 is 1.81 bits per heavy atom. The molecule has 2 N–H and O–H groups in total. The third-order valence-electron chi connectivity index (χ3n) is 8.07. The number of halogens is 3. The molecule has 2 aromatic carbocycles. The third kappa shape index (κ3) is 5.56. The first-order valence-electron chi connectivity index (χ1n) is 13.9. The van der Waals surface area contributed by atoms with Crippen LogP contribution in [0, 0.1) is 0 Å². The molecule has 4 heterocycles. The summed E-state index contributed by atoms with van der Waals surface area (Å²) in [5.41, 5.74) is 2.45. The number of hydrogen-bond acceptors (Lipinski definition) is 9. The van der Waals surface area contributed by atoms with Crippen LogP contribution >= 0.6 is 34.8 Å². The van der Waals surface area contributed by atoms with Crippen LogP contribution in [0.5, 0.6) is 5.75 Å². The van der Waals surface area contributed by atoms with Crippen LogP contribution in [0.25, 0.3) is 22.6 Å². The van der Waals surface area contributed by atoms with Gasteiger partial charge in [0.25, 0.3) is 0 Å². The maximum absolute atomic E-state index is 11.6. The van der Waals surface area contributed by atoms with Crippen LogP contribution in [0.4, 0.5) is 5.82 Å². The van der Waals surface area contributed by atoms with E-state index in [-0.39, 0.29) is 6.61 Å².